The summed E-state index contributed by atoms with van der Waals surface area (Å²) in [6.07, 6.45) is 2.79. The first-order valence-corrected chi connectivity index (χ1v) is 10.7. The van der Waals surface area contributed by atoms with E-state index in [9.17, 15) is 9.59 Å². The van der Waals surface area contributed by atoms with Crippen LogP contribution < -0.4 is 15.8 Å². The van der Waals surface area contributed by atoms with Crippen molar-refractivity contribution in [3.05, 3.63) is 59.2 Å². The summed E-state index contributed by atoms with van der Waals surface area (Å²) >= 11 is 0. The Morgan fingerprint density at radius 1 is 1.13 bits per heavy atom. The largest absolute Gasteiger partial charge is 0.454 e. The number of nitrogens with zero attached hydrogens (tertiary/aromatic N) is 1. The number of nitrogens with one attached hydrogen (secondary N) is 1. The van der Waals surface area contributed by atoms with Crippen LogP contribution in [0.2, 0.25) is 0 Å². The molecule has 1 atom stereocenters. The molecular weight excluding hydrogens is 394 g/mol. The van der Waals surface area contributed by atoms with Gasteiger partial charge in [0.2, 0.25) is 6.29 Å². The number of fused-ring (bicyclic) bond motifs is 1. The molecule has 3 N–H and O–H groups in total. The van der Waals surface area contributed by atoms with Crippen LogP contribution in [0.3, 0.4) is 0 Å². The second-order valence-electron chi connectivity index (χ2n) is 7.45. The molecule has 31 heavy (non-hydrogen) atoms. The van der Waals surface area contributed by atoms with E-state index in [1.54, 1.807) is 36.4 Å². The summed E-state index contributed by atoms with van der Waals surface area (Å²) in [6, 6.07) is 12.5. The SMILES string of the molecule is CCCN=C(N)c1ccc(C(=O)Nc2ccc3c(c2)CCC(OC(=O)CCC)O3)cc1. The zero-order valence-corrected chi connectivity index (χ0v) is 18.0. The molecule has 0 aromatic heterocycles. The Hall–Kier alpha value is -3.35. The molecule has 0 saturated carbocycles. The maximum atomic E-state index is 12.6. The molecule has 0 fully saturated rings. The summed E-state index contributed by atoms with van der Waals surface area (Å²) in [6.45, 7) is 4.65. The van der Waals surface area contributed by atoms with Crippen LogP contribution in [0.4, 0.5) is 5.69 Å². The Morgan fingerprint density at radius 2 is 1.87 bits per heavy atom. The third kappa shape index (κ3) is 6.07. The van der Waals surface area contributed by atoms with Crippen LogP contribution in [0.1, 0.15) is 61.0 Å². The minimum Gasteiger partial charge on any atom is -0.454 e. The van der Waals surface area contributed by atoms with Crippen molar-refractivity contribution >= 4 is 23.4 Å². The minimum absolute atomic E-state index is 0.210. The number of benzene rings is 2. The fourth-order valence-electron chi connectivity index (χ4n) is 3.25. The number of hydrogen-bond acceptors (Lipinski definition) is 5. The molecule has 0 saturated heterocycles. The number of amidine groups is 1. The van der Waals surface area contributed by atoms with Crippen LogP contribution >= 0.6 is 0 Å². The number of carbonyl (C=O) groups excluding carboxylic acids is 2. The van der Waals surface area contributed by atoms with E-state index in [-0.39, 0.29) is 11.9 Å². The smallest absolute Gasteiger partial charge is 0.308 e. The molecule has 2 aromatic carbocycles. The molecule has 0 radical (unpaired) electrons. The van der Waals surface area contributed by atoms with Crippen molar-refractivity contribution in [2.24, 2.45) is 10.7 Å². The molecule has 0 spiro atoms. The minimum atomic E-state index is -0.557. The second-order valence-corrected chi connectivity index (χ2v) is 7.45. The molecule has 0 aliphatic carbocycles. The summed E-state index contributed by atoms with van der Waals surface area (Å²) in [5, 5.41) is 2.91. The van der Waals surface area contributed by atoms with E-state index < -0.39 is 6.29 Å². The molecule has 1 amide bonds. The number of anilines is 1. The van der Waals surface area contributed by atoms with Crippen molar-refractivity contribution in [2.45, 2.75) is 52.2 Å². The quantitative estimate of drug-likeness (QED) is 0.379. The zero-order valence-electron chi connectivity index (χ0n) is 18.0. The number of amides is 1. The molecule has 164 valence electrons. The lowest BCUT2D eigenvalue weighted by Crippen LogP contribution is -2.28. The summed E-state index contributed by atoms with van der Waals surface area (Å²) < 4.78 is 11.1. The van der Waals surface area contributed by atoms with Gasteiger partial charge < -0.3 is 20.5 Å². The molecule has 7 heteroatoms. The number of rotatable bonds is 8. The van der Waals surface area contributed by atoms with Gasteiger partial charge in [0.15, 0.2) is 0 Å². The van der Waals surface area contributed by atoms with E-state index in [0.717, 1.165) is 24.0 Å². The van der Waals surface area contributed by atoms with Gasteiger partial charge in [0.25, 0.3) is 5.91 Å². The van der Waals surface area contributed by atoms with Crippen LogP contribution in [0.25, 0.3) is 0 Å². The molecule has 1 unspecified atom stereocenters. The molecule has 1 heterocycles. The molecule has 7 nitrogen and oxygen atoms in total. The van der Waals surface area contributed by atoms with Crippen molar-refractivity contribution in [3.8, 4) is 5.75 Å². The molecule has 1 aliphatic rings. The predicted molar refractivity (Wildman–Crippen MR) is 120 cm³/mol. The van der Waals surface area contributed by atoms with Gasteiger partial charge in [-0.25, -0.2) is 0 Å². The monoisotopic (exact) mass is 423 g/mol. The van der Waals surface area contributed by atoms with Gasteiger partial charge in [-0.05, 0) is 55.2 Å². The Balaban J connectivity index is 1.61. The lowest BCUT2D eigenvalue weighted by atomic mass is 10.0. The first kappa shape index (κ1) is 22.3. The molecule has 2 aromatic rings. The first-order valence-electron chi connectivity index (χ1n) is 10.7. The van der Waals surface area contributed by atoms with Crippen molar-refractivity contribution < 1.29 is 19.1 Å². The van der Waals surface area contributed by atoms with Gasteiger partial charge in [-0.3, -0.25) is 14.6 Å². The number of esters is 1. The second kappa shape index (κ2) is 10.6. The third-order valence-electron chi connectivity index (χ3n) is 4.89. The van der Waals surface area contributed by atoms with Crippen molar-refractivity contribution in [1.29, 1.82) is 0 Å². The van der Waals surface area contributed by atoms with E-state index in [2.05, 4.69) is 10.3 Å². The van der Waals surface area contributed by atoms with Gasteiger partial charge in [-0.1, -0.05) is 26.0 Å². The topological polar surface area (TPSA) is 103 Å². The van der Waals surface area contributed by atoms with Crippen LogP contribution in [-0.2, 0) is 16.0 Å². The van der Waals surface area contributed by atoms with Gasteiger partial charge in [0.05, 0.1) is 0 Å². The molecule has 3 rings (SSSR count). The van der Waals surface area contributed by atoms with Gasteiger partial charge >= 0.3 is 5.97 Å². The summed E-state index contributed by atoms with van der Waals surface area (Å²) in [4.78, 5) is 28.6. The van der Waals surface area contributed by atoms with Crippen molar-refractivity contribution in [1.82, 2.24) is 0 Å². The standard InChI is InChI=1S/C24H29N3O4/c1-3-5-21(28)31-22-13-10-18-15-19(11-12-20(18)30-22)27-24(29)17-8-6-16(7-9-17)23(25)26-14-4-2/h6-9,11-12,15,22H,3-5,10,13-14H2,1-2H3,(H2,25,26)(H,27,29). The fourth-order valence-corrected chi connectivity index (χ4v) is 3.25. The maximum absolute atomic E-state index is 12.6. The van der Waals surface area contributed by atoms with Crippen LogP contribution in [0.15, 0.2) is 47.5 Å². The highest BCUT2D eigenvalue weighted by Crippen LogP contribution is 2.30. The van der Waals surface area contributed by atoms with Crippen molar-refractivity contribution in [2.75, 3.05) is 11.9 Å². The van der Waals surface area contributed by atoms with E-state index >= 15 is 0 Å². The highest BCUT2D eigenvalue weighted by Gasteiger charge is 2.23. The Kier molecular flexibility index (Phi) is 7.65. The van der Waals surface area contributed by atoms with Gasteiger partial charge in [-0.15, -0.1) is 0 Å². The van der Waals surface area contributed by atoms with E-state index in [1.165, 1.54) is 0 Å². The number of ether oxygens (including phenoxy) is 2. The molecular formula is C24H29N3O4. The fraction of sp³-hybridized carbons (Fsp3) is 0.375. The number of hydrogen-bond donors (Lipinski definition) is 2. The lowest BCUT2D eigenvalue weighted by Gasteiger charge is -2.26. The molecule has 1 aliphatic heterocycles. The molecule has 0 bridgehead atoms. The number of nitrogens with two attached hydrogens (primary N) is 1. The Bertz CT molecular complexity index is 954. The summed E-state index contributed by atoms with van der Waals surface area (Å²) in [5.74, 6) is 0.690. The highest BCUT2D eigenvalue weighted by atomic mass is 16.7. The van der Waals surface area contributed by atoms with Crippen LogP contribution in [-0.4, -0.2) is 30.5 Å². The van der Waals surface area contributed by atoms with Gasteiger partial charge in [0.1, 0.15) is 11.6 Å². The third-order valence-corrected chi connectivity index (χ3v) is 4.89. The number of aryl methyl sites for hydroxylation is 1. The average Bonchev–Trinajstić information content (AvgIpc) is 2.77. The summed E-state index contributed by atoms with van der Waals surface area (Å²) in [5.41, 5.74) is 8.94. The average molecular weight is 424 g/mol. The maximum Gasteiger partial charge on any atom is 0.308 e. The van der Waals surface area contributed by atoms with Gasteiger partial charge in [0, 0.05) is 36.2 Å². The zero-order chi connectivity index (χ0) is 22.2. The van der Waals surface area contributed by atoms with Crippen LogP contribution in [0, 0.1) is 0 Å². The van der Waals surface area contributed by atoms with Crippen LogP contribution in [0.5, 0.6) is 5.75 Å². The number of carbonyl (C=O) groups is 2. The Labute approximate surface area is 182 Å². The van der Waals surface area contributed by atoms with Gasteiger partial charge in [-0.2, -0.15) is 0 Å². The first-order chi connectivity index (χ1) is 15.0. The van der Waals surface area contributed by atoms with E-state index in [0.29, 0.717) is 48.6 Å². The normalized spacial score (nSPS) is 15.5. The number of aliphatic imine (C=N–C) groups is 1. The summed E-state index contributed by atoms with van der Waals surface area (Å²) in [7, 11) is 0. The van der Waals surface area contributed by atoms with Crippen molar-refractivity contribution in [3.63, 3.8) is 0 Å². The van der Waals surface area contributed by atoms with E-state index in [4.69, 9.17) is 15.2 Å². The lowest BCUT2D eigenvalue weighted by molar-refractivity contribution is -0.165. The van der Waals surface area contributed by atoms with E-state index in [1.807, 2.05) is 19.9 Å². The highest BCUT2D eigenvalue weighted by molar-refractivity contribution is 6.05. The Morgan fingerprint density at radius 3 is 2.58 bits per heavy atom. The predicted octanol–water partition coefficient (Wildman–Crippen LogP) is 4.05.